The maximum absolute atomic E-state index is 8.83. The molecule has 0 aliphatic carbocycles. The normalized spacial score (nSPS) is 16.0. The van der Waals surface area contributed by atoms with Crippen LogP contribution in [-0.4, -0.2) is 27.5 Å². The largest absolute Gasteiger partial charge is 0.396 e. The molecule has 2 atom stereocenters. The second kappa shape index (κ2) is 8.23. The number of thiol groups is 2. The third-order valence-corrected chi connectivity index (χ3v) is 2.49. The quantitative estimate of drug-likeness (QED) is 0.292. The molecule has 0 aliphatic rings. The van der Waals surface area contributed by atoms with E-state index in [9.17, 15) is 0 Å². The Morgan fingerprint density at radius 3 is 2.08 bits per heavy atom. The zero-order valence-electron chi connectivity index (χ0n) is 7.19. The van der Waals surface area contributed by atoms with Crippen LogP contribution in [0.15, 0.2) is 0 Å². The minimum atomic E-state index is -0.485. The lowest BCUT2D eigenvalue weighted by Crippen LogP contribution is -2.02. The highest BCUT2D eigenvalue weighted by Crippen LogP contribution is 2.13. The van der Waals surface area contributed by atoms with Crippen molar-refractivity contribution in [3.05, 3.63) is 0 Å². The van der Waals surface area contributed by atoms with Gasteiger partial charge in [0.25, 0.3) is 0 Å². The van der Waals surface area contributed by atoms with E-state index in [1.807, 2.05) is 0 Å². The van der Waals surface area contributed by atoms with Gasteiger partial charge in [-0.1, -0.05) is 6.42 Å². The van der Waals surface area contributed by atoms with Gasteiger partial charge in [-0.05, 0) is 25.7 Å². The highest BCUT2D eigenvalue weighted by Gasteiger charge is 2.02. The van der Waals surface area contributed by atoms with Gasteiger partial charge in [0.1, 0.15) is 0 Å². The van der Waals surface area contributed by atoms with E-state index in [4.69, 9.17) is 10.2 Å². The van der Waals surface area contributed by atoms with E-state index >= 15 is 0 Å². The van der Waals surface area contributed by atoms with Crippen LogP contribution in [-0.2, 0) is 0 Å². The Labute approximate surface area is 85.2 Å². The third kappa shape index (κ3) is 8.71. The molecule has 0 rings (SSSR count). The van der Waals surface area contributed by atoms with Crippen LogP contribution in [0.2, 0.25) is 0 Å². The fourth-order valence-electron chi connectivity index (χ4n) is 1.00. The van der Waals surface area contributed by atoms with Gasteiger partial charge in [-0.15, -0.1) is 12.6 Å². The van der Waals surface area contributed by atoms with Gasteiger partial charge in [0.2, 0.25) is 0 Å². The molecular formula is C8H18O2S2. The van der Waals surface area contributed by atoms with E-state index in [0.717, 1.165) is 32.1 Å². The van der Waals surface area contributed by atoms with E-state index in [1.165, 1.54) is 0 Å². The van der Waals surface area contributed by atoms with Crippen LogP contribution in [0.3, 0.4) is 0 Å². The van der Waals surface area contributed by atoms with Gasteiger partial charge in [-0.3, -0.25) is 0 Å². The fourth-order valence-corrected chi connectivity index (χ4v) is 1.48. The molecule has 0 aliphatic heterocycles. The van der Waals surface area contributed by atoms with Crippen LogP contribution in [0, 0.1) is 0 Å². The predicted octanol–water partition coefficient (Wildman–Crippen LogP) is 1.48. The van der Waals surface area contributed by atoms with E-state index in [1.54, 1.807) is 0 Å². The van der Waals surface area contributed by atoms with Gasteiger partial charge in [-0.25, -0.2) is 0 Å². The third-order valence-electron chi connectivity index (χ3n) is 1.71. The molecule has 0 bridgehead atoms. The fraction of sp³-hybridized carbons (Fsp3) is 1.00. The molecule has 0 saturated carbocycles. The minimum absolute atomic E-state index is 0.212. The number of hydrogen-bond donors (Lipinski definition) is 4. The highest BCUT2D eigenvalue weighted by molar-refractivity contribution is 7.81. The maximum atomic E-state index is 8.83. The molecule has 74 valence electrons. The van der Waals surface area contributed by atoms with E-state index in [-0.39, 0.29) is 6.61 Å². The summed E-state index contributed by atoms with van der Waals surface area (Å²) in [5.74, 6) is 0. The van der Waals surface area contributed by atoms with Crippen LogP contribution >= 0.6 is 25.3 Å². The molecule has 4 heteroatoms. The number of aliphatic hydroxyl groups excluding tert-OH is 2. The van der Waals surface area contributed by atoms with Crippen molar-refractivity contribution < 1.29 is 10.2 Å². The summed E-state index contributed by atoms with van der Waals surface area (Å²) in [4.78, 5) is 0. The molecule has 0 amide bonds. The van der Waals surface area contributed by atoms with Gasteiger partial charge < -0.3 is 10.2 Å². The molecule has 0 aromatic carbocycles. The molecule has 2 unspecified atom stereocenters. The van der Waals surface area contributed by atoms with Gasteiger partial charge in [0.05, 0.1) is 5.44 Å². The maximum Gasteiger partial charge on any atom is 0.0964 e. The first-order valence-electron chi connectivity index (χ1n) is 4.32. The smallest absolute Gasteiger partial charge is 0.0964 e. The van der Waals surface area contributed by atoms with Crippen LogP contribution in [0.1, 0.15) is 32.1 Å². The number of rotatable bonds is 7. The molecule has 0 aromatic rings. The molecular weight excluding hydrogens is 192 g/mol. The van der Waals surface area contributed by atoms with E-state index < -0.39 is 5.44 Å². The predicted molar refractivity (Wildman–Crippen MR) is 57.9 cm³/mol. The SMILES string of the molecule is OCCC(S)CCCCC(O)S. The van der Waals surface area contributed by atoms with Crippen molar-refractivity contribution in [1.29, 1.82) is 0 Å². The van der Waals surface area contributed by atoms with Crippen LogP contribution < -0.4 is 0 Å². The lowest BCUT2D eigenvalue weighted by Gasteiger charge is -2.08. The Balaban J connectivity index is 3.08. The average Bonchev–Trinajstić information content (AvgIpc) is 1.98. The zero-order valence-corrected chi connectivity index (χ0v) is 8.98. The highest BCUT2D eigenvalue weighted by atomic mass is 32.1. The topological polar surface area (TPSA) is 40.5 Å². The standard InChI is InChI=1S/C8H18O2S2/c9-6-5-7(11)3-1-2-4-8(10)12/h7-12H,1-6H2. The summed E-state index contributed by atoms with van der Waals surface area (Å²) in [6.07, 6.45) is 4.53. The summed E-state index contributed by atoms with van der Waals surface area (Å²) < 4.78 is 0. The van der Waals surface area contributed by atoms with Crippen molar-refractivity contribution in [2.24, 2.45) is 0 Å². The first-order valence-corrected chi connectivity index (χ1v) is 5.35. The van der Waals surface area contributed by atoms with Crippen molar-refractivity contribution in [3.8, 4) is 0 Å². The lowest BCUT2D eigenvalue weighted by molar-refractivity contribution is 0.248. The molecule has 0 aromatic heterocycles. The Morgan fingerprint density at radius 1 is 1.00 bits per heavy atom. The lowest BCUT2D eigenvalue weighted by atomic mass is 10.1. The minimum Gasteiger partial charge on any atom is -0.396 e. The van der Waals surface area contributed by atoms with Crippen molar-refractivity contribution in [2.45, 2.75) is 42.8 Å². The Hall–Kier alpha value is 0.620. The monoisotopic (exact) mass is 210 g/mol. The van der Waals surface area contributed by atoms with Crippen molar-refractivity contribution >= 4 is 25.3 Å². The number of unbranched alkanes of at least 4 members (excludes halogenated alkanes) is 1. The van der Waals surface area contributed by atoms with Crippen LogP contribution in [0.25, 0.3) is 0 Å². The number of aliphatic hydroxyl groups is 2. The van der Waals surface area contributed by atoms with Gasteiger partial charge in [0, 0.05) is 11.9 Å². The zero-order chi connectivity index (χ0) is 9.40. The molecule has 0 saturated heterocycles. The summed E-state index contributed by atoms with van der Waals surface area (Å²) in [6, 6.07) is 0. The van der Waals surface area contributed by atoms with Crippen molar-refractivity contribution in [3.63, 3.8) is 0 Å². The molecule has 0 heterocycles. The summed E-state index contributed by atoms with van der Waals surface area (Å²) in [5, 5.41) is 17.7. The summed E-state index contributed by atoms with van der Waals surface area (Å²) in [6.45, 7) is 0.212. The van der Waals surface area contributed by atoms with Gasteiger partial charge >= 0.3 is 0 Å². The first kappa shape index (κ1) is 12.6. The van der Waals surface area contributed by atoms with Gasteiger partial charge in [-0.2, -0.15) is 12.6 Å². The summed E-state index contributed by atoms with van der Waals surface area (Å²) in [5.41, 5.74) is -0.485. The summed E-state index contributed by atoms with van der Waals surface area (Å²) in [7, 11) is 0. The van der Waals surface area contributed by atoms with Gasteiger partial charge in [0.15, 0.2) is 0 Å². The van der Waals surface area contributed by atoms with E-state index in [2.05, 4.69) is 25.3 Å². The van der Waals surface area contributed by atoms with Crippen LogP contribution in [0.5, 0.6) is 0 Å². The van der Waals surface area contributed by atoms with Crippen LogP contribution in [0.4, 0.5) is 0 Å². The van der Waals surface area contributed by atoms with Crippen molar-refractivity contribution in [1.82, 2.24) is 0 Å². The molecule has 0 spiro atoms. The Bertz CT molecular complexity index is 99.1. The second-order valence-corrected chi connectivity index (χ2v) is 4.26. The summed E-state index contributed by atoms with van der Waals surface area (Å²) >= 11 is 8.15. The molecule has 2 nitrogen and oxygen atoms in total. The average molecular weight is 210 g/mol. The second-order valence-electron chi connectivity index (χ2n) is 2.93. The number of hydrogen-bond acceptors (Lipinski definition) is 4. The Kier molecular flexibility index (Phi) is 8.65. The van der Waals surface area contributed by atoms with E-state index in [0.29, 0.717) is 5.25 Å². The molecule has 0 radical (unpaired) electrons. The molecule has 0 fully saturated rings. The molecule has 12 heavy (non-hydrogen) atoms. The Morgan fingerprint density at radius 2 is 1.58 bits per heavy atom. The van der Waals surface area contributed by atoms with Crippen molar-refractivity contribution in [2.75, 3.05) is 6.61 Å². The first-order chi connectivity index (χ1) is 5.66. The molecule has 2 N–H and O–H groups in total.